The van der Waals surface area contributed by atoms with E-state index in [1.807, 2.05) is 24.3 Å². The minimum absolute atomic E-state index is 0.126. The van der Waals surface area contributed by atoms with Crippen LogP contribution in [0.25, 0.3) is 11.1 Å². The molecule has 0 unspecified atom stereocenters. The van der Waals surface area contributed by atoms with Gasteiger partial charge in [0.25, 0.3) is 0 Å². The van der Waals surface area contributed by atoms with Crippen LogP contribution in [0.4, 0.5) is 0 Å². The number of rotatable bonds is 6. The van der Waals surface area contributed by atoms with Gasteiger partial charge in [0.15, 0.2) is 0 Å². The van der Waals surface area contributed by atoms with Crippen molar-refractivity contribution in [3.63, 3.8) is 0 Å². The first-order valence-corrected chi connectivity index (χ1v) is 10.1. The third-order valence-corrected chi connectivity index (χ3v) is 5.99. The molecular weight excluding hydrogens is 384 g/mol. The van der Waals surface area contributed by atoms with Crippen molar-refractivity contribution in [1.29, 1.82) is 0 Å². The average Bonchev–Trinajstić information content (AvgIpc) is 3.06. The van der Waals surface area contributed by atoms with Gasteiger partial charge in [-0.05, 0) is 39.9 Å². The third-order valence-electron chi connectivity index (χ3n) is 4.72. The second-order valence-electron chi connectivity index (χ2n) is 6.59. The average molecular weight is 402 g/mol. The minimum atomic E-state index is -0.978. The number of benzene rings is 3. The molecular formula is C23H18N2O3S. The molecule has 1 aliphatic rings. The van der Waals surface area contributed by atoms with Crippen LogP contribution in [0, 0.1) is 0 Å². The number of hydrogen-bond donors (Lipinski definition) is 2. The van der Waals surface area contributed by atoms with E-state index < -0.39 is 5.97 Å². The highest BCUT2D eigenvalue weighted by molar-refractivity contribution is 8.00. The Morgan fingerprint density at radius 3 is 2.10 bits per heavy atom. The summed E-state index contributed by atoms with van der Waals surface area (Å²) in [5, 5.41) is 13.0. The molecule has 5 nitrogen and oxygen atoms in total. The number of carbonyl (C=O) groups excluding carboxylic acids is 1. The highest BCUT2D eigenvalue weighted by atomic mass is 32.2. The van der Waals surface area contributed by atoms with E-state index in [1.165, 1.54) is 40.6 Å². The fraction of sp³-hybridized carbons (Fsp3) is 0.0870. The van der Waals surface area contributed by atoms with Crippen molar-refractivity contribution >= 4 is 29.9 Å². The van der Waals surface area contributed by atoms with E-state index in [2.05, 4.69) is 34.8 Å². The number of carbonyl (C=O) groups is 2. The molecule has 0 saturated carbocycles. The maximum atomic E-state index is 12.2. The molecule has 0 saturated heterocycles. The lowest BCUT2D eigenvalue weighted by atomic mass is 10.1. The number of hydrazone groups is 1. The van der Waals surface area contributed by atoms with Crippen LogP contribution in [-0.2, 0) is 4.79 Å². The molecule has 1 amide bonds. The third kappa shape index (κ3) is 4.07. The number of aromatic carboxylic acids is 1. The van der Waals surface area contributed by atoms with Crippen molar-refractivity contribution in [2.45, 2.75) is 5.25 Å². The molecule has 3 aromatic rings. The normalized spacial score (nSPS) is 12.6. The molecule has 0 spiro atoms. The first-order valence-electron chi connectivity index (χ1n) is 9.08. The Hall–Kier alpha value is -3.38. The summed E-state index contributed by atoms with van der Waals surface area (Å²) in [6, 6.07) is 22.9. The molecule has 1 aliphatic carbocycles. The SMILES string of the molecule is O=C(CSC1c2ccccc2-c2ccccc21)N/N=C\c1ccc(C(=O)O)cc1. The van der Waals surface area contributed by atoms with Crippen LogP contribution in [0.5, 0.6) is 0 Å². The predicted octanol–water partition coefficient (Wildman–Crippen LogP) is 4.34. The van der Waals surface area contributed by atoms with Gasteiger partial charge in [0.05, 0.1) is 22.8 Å². The number of hydrogen-bond acceptors (Lipinski definition) is 4. The second-order valence-corrected chi connectivity index (χ2v) is 7.68. The smallest absolute Gasteiger partial charge is 0.335 e. The molecule has 2 N–H and O–H groups in total. The van der Waals surface area contributed by atoms with E-state index in [4.69, 9.17) is 5.11 Å². The summed E-state index contributed by atoms with van der Waals surface area (Å²) in [5.74, 6) is -0.882. The van der Waals surface area contributed by atoms with Crippen LogP contribution < -0.4 is 5.43 Å². The Balaban J connectivity index is 1.37. The lowest BCUT2D eigenvalue weighted by Crippen LogP contribution is -2.20. The van der Waals surface area contributed by atoms with Gasteiger partial charge < -0.3 is 5.11 Å². The Bertz CT molecular complexity index is 1050. The topological polar surface area (TPSA) is 78.8 Å². The predicted molar refractivity (Wildman–Crippen MR) is 115 cm³/mol. The van der Waals surface area contributed by atoms with Crippen LogP contribution in [0.1, 0.15) is 32.3 Å². The van der Waals surface area contributed by atoms with Crippen LogP contribution >= 0.6 is 11.8 Å². The van der Waals surface area contributed by atoms with Crippen LogP contribution in [0.2, 0.25) is 0 Å². The van der Waals surface area contributed by atoms with Crippen molar-refractivity contribution in [3.8, 4) is 11.1 Å². The summed E-state index contributed by atoms with van der Waals surface area (Å²) in [5.41, 5.74) is 8.36. The lowest BCUT2D eigenvalue weighted by Gasteiger charge is -2.12. The van der Waals surface area contributed by atoms with Gasteiger partial charge in [0.2, 0.25) is 5.91 Å². The number of fused-ring (bicyclic) bond motifs is 3. The number of carboxylic acid groups (broad SMARTS) is 1. The van der Waals surface area contributed by atoms with Gasteiger partial charge in [0.1, 0.15) is 0 Å². The first-order chi connectivity index (χ1) is 14.1. The zero-order chi connectivity index (χ0) is 20.2. The number of carboxylic acids is 1. The summed E-state index contributed by atoms with van der Waals surface area (Å²) < 4.78 is 0. The Labute approximate surface area is 172 Å². The van der Waals surface area contributed by atoms with E-state index in [9.17, 15) is 9.59 Å². The first kappa shape index (κ1) is 19.0. The van der Waals surface area contributed by atoms with E-state index >= 15 is 0 Å². The van der Waals surface area contributed by atoms with Gasteiger partial charge in [-0.3, -0.25) is 4.79 Å². The molecule has 0 heterocycles. The molecule has 0 aromatic heterocycles. The fourth-order valence-electron chi connectivity index (χ4n) is 3.37. The fourth-order valence-corrected chi connectivity index (χ4v) is 4.52. The molecule has 0 radical (unpaired) electrons. The van der Waals surface area contributed by atoms with E-state index in [0.717, 1.165) is 0 Å². The van der Waals surface area contributed by atoms with Gasteiger partial charge in [-0.1, -0.05) is 60.7 Å². The van der Waals surface area contributed by atoms with Gasteiger partial charge in [0, 0.05) is 0 Å². The number of thioether (sulfide) groups is 1. The highest BCUT2D eigenvalue weighted by Crippen LogP contribution is 2.49. The zero-order valence-electron chi connectivity index (χ0n) is 15.4. The van der Waals surface area contributed by atoms with Crippen LogP contribution in [-0.4, -0.2) is 29.0 Å². The van der Waals surface area contributed by atoms with Crippen molar-refractivity contribution in [3.05, 3.63) is 95.1 Å². The van der Waals surface area contributed by atoms with Gasteiger partial charge in [-0.25, -0.2) is 10.2 Å². The van der Waals surface area contributed by atoms with Crippen molar-refractivity contribution in [1.82, 2.24) is 5.43 Å². The summed E-state index contributed by atoms with van der Waals surface area (Å²) in [4.78, 5) is 23.1. The quantitative estimate of drug-likeness (QED) is 0.475. The minimum Gasteiger partial charge on any atom is -0.478 e. The van der Waals surface area contributed by atoms with Crippen molar-refractivity contribution in [2.75, 3.05) is 5.75 Å². The molecule has 29 heavy (non-hydrogen) atoms. The molecule has 0 bridgehead atoms. The summed E-state index contributed by atoms with van der Waals surface area (Å²) >= 11 is 1.58. The number of nitrogens with zero attached hydrogens (tertiary/aromatic N) is 1. The monoisotopic (exact) mass is 402 g/mol. The molecule has 0 aliphatic heterocycles. The second kappa shape index (κ2) is 8.32. The van der Waals surface area contributed by atoms with E-state index in [-0.39, 0.29) is 22.5 Å². The number of amides is 1. The Morgan fingerprint density at radius 2 is 1.52 bits per heavy atom. The lowest BCUT2D eigenvalue weighted by molar-refractivity contribution is -0.118. The molecule has 3 aromatic carbocycles. The van der Waals surface area contributed by atoms with Gasteiger partial charge in [-0.15, -0.1) is 11.8 Å². The summed E-state index contributed by atoms with van der Waals surface area (Å²) in [6.07, 6.45) is 1.49. The van der Waals surface area contributed by atoms with Gasteiger partial charge >= 0.3 is 5.97 Å². The maximum Gasteiger partial charge on any atom is 0.335 e. The Kier molecular flexibility index (Phi) is 5.44. The molecule has 4 rings (SSSR count). The Morgan fingerprint density at radius 1 is 0.931 bits per heavy atom. The van der Waals surface area contributed by atoms with E-state index in [1.54, 1.807) is 23.9 Å². The largest absolute Gasteiger partial charge is 0.478 e. The summed E-state index contributed by atoms with van der Waals surface area (Å²) in [6.45, 7) is 0. The number of nitrogens with one attached hydrogen (secondary N) is 1. The van der Waals surface area contributed by atoms with Crippen molar-refractivity contribution in [2.24, 2.45) is 5.10 Å². The molecule has 0 fully saturated rings. The van der Waals surface area contributed by atoms with Crippen LogP contribution in [0.15, 0.2) is 77.9 Å². The highest BCUT2D eigenvalue weighted by Gasteiger charge is 2.28. The molecule has 0 atom stereocenters. The zero-order valence-corrected chi connectivity index (χ0v) is 16.2. The van der Waals surface area contributed by atoms with Gasteiger partial charge in [-0.2, -0.15) is 5.10 Å². The summed E-state index contributed by atoms with van der Waals surface area (Å²) in [7, 11) is 0. The maximum absolute atomic E-state index is 12.2. The van der Waals surface area contributed by atoms with Crippen LogP contribution in [0.3, 0.4) is 0 Å². The standard InChI is InChI=1S/C23H18N2O3S/c26-21(25-24-13-15-9-11-16(12-10-15)23(27)28)14-29-22-19-7-3-1-5-17(19)18-6-2-4-8-20(18)22/h1-13,22H,14H2,(H,25,26)(H,27,28)/b24-13-. The molecule has 144 valence electrons. The molecule has 6 heteroatoms. The van der Waals surface area contributed by atoms with E-state index in [0.29, 0.717) is 5.56 Å². The van der Waals surface area contributed by atoms with Crippen molar-refractivity contribution < 1.29 is 14.7 Å².